The van der Waals surface area contributed by atoms with Crippen LogP contribution in [0.25, 0.3) is 0 Å². The second-order valence-corrected chi connectivity index (χ2v) is 5.79. The van der Waals surface area contributed by atoms with Gasteiger partial charge in [-0.3, -0.25) is 14.5 Å². The largest absolute Gasteiger partial charge is 0.480 e. The van der Waals surface area contributed by atoms with Crippen LogP contribution < -0.4 is 5.32 Å². The second kappa shape index (κ2) is 7.35. The van der Waals surface area contributed by atoms with Crippen molar-refractivity contribution in [1.29, 1.82) is 0 Å². The van der Waals surface area contributed by atoms with Gasteiger partial charge in [-0.15, -0.1) is 11.3 Å². The molecule has 1 heterocycles. The first-order valence-electron chi connectivity index (χ1n) is 6.50. The van der Waals surface area contributed by atoms with Gasteiger partial charge in [-0.05, 0) is 27.3 Å². The average molecular weight is 299 g/mol. The van der Waals surface area contributed by atoms with Gasteiger partial charge in [-0.25, -0.2) is 4.98 Å². The molecule has 6 nitrogen and oxygen atoms in total. The summed E-state index contributed by atoms with van der Waals surface area (Å²) in [5.74, 6) is -1.33. The lowest BCUT2D eigenvalue weighted by atomic mass is 10.2. The van der Waals surface area contributed by atoms with Crippen LogP contribution in [-0.2, 0) is 16.0 Å². The number of amides is 1. The fourth-order valence-electron chi connectivity index (χ4n) is 1.80. The van der Waals surface area contributed by atoms with E-state index in [1.807, 2.05) is 25.8 Å². The van der Waals surface area contributed by atoms with Crippen LogP contribution in [0.1, 0.15) is 35.5 Å². The molecule has 1 unspecified atom stereocenters. The van der Waals surface area contributed by atoms with Crippen LogP contribution in [0.4, 0.5) is 0 Å². The number of thiazole rings is 1. The summed E-state index contributed by atoms with van der Waals surface area (Å²) >= 11 is 1.66. The number of aryl methyl sites for hydroxylation is 2. The quantitative estimate of drug-likeness (QED) is 0.791. The number of carbonyl (C=O) groups excluding carboxylic acids is 1. The van der Waals surface area contributed by atoms with Crippen molar-refractivity contribution in [1.82, 2.24) is 15.2 Å². The van der Waals surface area contributed by atoms with Crippen LogP contribution in [0.2, 0.25) is 0 Å². The minimum atomic E-state index is -1.04. The lowest BCUT2D eigenvalue weighted by Crippen LogP contribution is -2.38. The van der Waals surface area contributed by atoms with Gasteiger partial charge < -0.3 is 10.4 Å². The molecular formula is C13H21N3O3S. The summed E-state index contributed by atoms with van der Waals surface area (Å²) in [6.07, 6.45) is 0.904. The first-order valence-corrected chi connectivity index (χ1v) is 7.31. The number of likely N-dealkylation sites (N-methyl/N-ethyl adjacent to an activating group) is 1. The zero-order chi connectivity index (χ0) is 15.3. The Kier molecular flexibility index (Phi) is 6.09. The third-order valence-corrected chi connectivity index (χ3v) is 4.52. The third-order valence-electron chi connectivity index (χ3n) is 3.05. The molecule has 1 amide bonds. The van der Waals surface area contributed by atoms with Gasteiger partial charge in [0.25, 0.3) is 0 Å². The van der Waals surface area contributed by atoms with Crippen molar-refractivity contribution < 1.29 is 14.7 Å². The zero-order valence-electron chi connectivity index (χ0n) is 12.3. The van der Waals surface area contributed by atoms with Crippen molar-refractivity contribution in [3.05, 3.63) is 15.6 Å². The van der Waals surface area contributed by atoms with E-state index in [1.54, 1.807) is 11.3 Å². The lowest BCUT2D eigenvalue weighted by molar-refractivity contribution is -0.138. The Balaban J connectivity index is 2.61. The highest BCUT2D eigenvalue weighted by Crippen LogP contribution is 2.28. The Morgan fingerprint density at radius 3 is 2.65 bits per heavy atom. The van der Waals surface area contributed by atoms with Crippen LogP contribution in [0, 0.1) is 6.92 Å². The number of aromatic nitrogens is 1. The van der Waals surface area contributed by atoms with E-state index < -0.39 is 5.97 Å². The van der Waals surface area contributed by atoms with Crippen molar-refractivity contribution in [2.24, 2.45) is 0 Å². The number of nitrogens with one attached hydrogen (secondary N) is 1. The van der Waals surface area contributed by atoms with Crippen LogP contribution in [0.3, 0.4) is 0 Å². The topological polar surface area (TPSA) is 82.5 Å². The normalized spacial score (nSPS) is 12.4. The minimum absolute atomic E-state index is 0.0726. The summed E-state index contributed by atoms with van der Waals surface area (Å²) in [5.41, 5.74) is 0.997. The highest BCUT2D eigenvalue weighted by atomic mass is 32.1. The van der Waals surface area contributed by atoms with Gasteiger partial charge >= 0.3 is 5.97 Å². The van der Waals surface area contributed by atoms with Gasteiger partial charge in [-0.1, -0.05) is 6.92 Å². The molecule has 0 spiro atoms. The summed E-state index contributed by atoms with van der Waals surface area (Å²) in [6, 6.07) is 0.0726. The van der Waals surface area contributed by atoms with Gasteiger partial charge in [0.1, 0.15) is 6.54 Å². The molecule has 1 aromatic rings. The Morgan fingerprint density at radius 2 is 2.15 bits per heavy atom. The first kappa shape index (κ1) is 16.6. The van der Waals surface area contributed by atoms with Crippen molar-refractivity contribution in [2.45, 2.75) is 33.2 Å². The predicted molar refractivity (Wildman–Crippen MR) is 77.9 cm³/mol. The second-order valence-electron chi connectivity index (χ2n) is 4.67. The SMILES string of the molecule is CCc1nc(C)c(C(C)N(C)CC(=O)NCC(=O)O)s1. The number of nitrogens with zero attached hydrogens (tertiary/aromatic N) is 2. The van der Waals surface area contributed by atoms with Crippen molar-refractivity contribution in [3.63, 3.8) is 0 Å². The summed E-state index contributed by atoms with van der Waals surface area (Å²) < 4.78 is 0. The molecule has 1 aromatic heterocycles. The molecule has 20 heavy (non-hydrogen) atoms. The number of aliphatic carboxylic acids is 1. The molecule has 0 aliphatic heterocycles. The lowest BCUT2D eigenvalue weighted by Gasteiger charge is -2.23. The summed E-state index contributed by atoms with van der Waals surface area (Å²) in [5, 5.41) is 12.0. The maximum absolute atomic E-state index is 11.6. The predicted octanol–water partition coefficient (Wildman–Crippen LogP) is 1.21. The van der Waals surface area contributed by atoms with E-state index in [-0.39, 0.29) is 25.0 Å². The molecule has 0 fully saturated rings. The molecule has 112 valence electrons. The van der Waals surface area contributed by atoms with Crippen LogP contribution >= 0.6 is 11.3 Å². The summed E-state index contributed by atoms with van der Waals surface area (Å²) in [7, 11) is 1.84. The zero-order valence-corrected chi connectivity index (χ0v) is 13.1. The van der Waals surface area contributed by atoms with E-state index in [1.165, 1.54) is 0 Å². The number of carboxylic acid groups (broad SMARTS) is 1. The third kappa shape index (κ3) is 4.57. The molecule has 0 aliphatic rings. The minimum Gasteiger partial charge on any atom is -0.480 e. The van der Waals surface area contributed by atoms with Gasteiger partial charge in [0.2, 0.25) is 5.91 Å². The van der Waals surface area contributed by atoms with Gasteiger partial charge in [-0.2, -0.15) is 0 Å². The number of hydrogen-bond donors (Lipinski definition) is 2. The van der Waals surface area contributed by atoms with Crippen LogP contribution in [-0.4, -0.2) is 47.0 Å². The monoisotopic (exact) mass is 299 g/mol. The molecule has 7 heteroatoms. The van der Waals surface area contributed by atoms with Gasteiger partial charge in [0.05, 0.1) is 17.2 Å². The maximum Gasteiger partial charge on any atom is 0.322 e. The molecule has 0 aromatic carbocycles. The maximum atomic E-state index is 11.6. The molecule has 1 atom stereocenters. The molecular weight excluding hydrogens is 278 g/mol. The van der Waals surface area contributed by atoms with Crippen molar-refractivity contribution >= 4 is 23.2 Å². The van der Waals surface area contributed by atoms with E-state index in [0.717, 1.165) is 22.0 Å². The van der Waals surface area contributed by atoms with E-state index >= 15 is 0 Å². The first-order chi connectivity index (χ1) is 9.35. The van der Waals surface area contributed by atoms with Gasteiger partial charge in [0, 0.05) is 10.9 Å². The molecule has 0 aliphatic carbocycles. The van der Waals surface area contributed by atoms with E-state index in [4.69, 9.17) is 5.11 Å². The van der Waals surface area contributed by atoms with E-state index in [9.17, 15) is 9.59 Å². The van der Waals surface area contributed by atoms with Crippen molar-refractivity contribution in [2.75, 3.05) is 20.1 Å². The molecule has 1 rings (SSSR count). The Labute approximate surface area is 122 Å². The van der Waals surface area contributed by atoms with Crippen LogP contribution in [0.15, 0.2) is 0 Å². The van der Waals surface area contributed by atoms with Crippen LogP contribution in [0.5, 0.6) is 0 Å². The standard InChI is InChI=1S/C13H21N3O3S/c1-5-11-15-8(2)13(20-11)9(3)16(4)7-10(17)14-6-12(18)19/h9H,5-7H2,1-4H3,(H,14,17)(H,18,19). The molecule has 0 saturated carbocycles. The molecule has 2 N–H and O–H groups in total. The number of rotatable bonds is 7. The highest BCUT2D eigenvalue weighted by Gasteiger charge is 2.19. The summed E-state index contributed by atoms with van der Waals surface area (Å²) in [4.78, 5) is 29.5. The highest BCUT2D eigenvalue weighted by molar-refractivity contribution is 7.11. The fraction of sp³-hybridized carbons (Fsp3) is 0.615. The Hall–Kier alpha value is -1.47. The van der Waals surface area contributed by atoms with Crippen molar-refractivity contribution in [3.8, 4) is 0 Å². The number of carboxylic acids is 1. The Bertz CT molecular complexity index is 487. The fourth-order valence-corrected chi connectivity index (χ4v) is 2.92. The number of carbonyl (C=O) groups is 2. The molecule has 0 bridgehead atoms. The average Bonchev–Trinajstić information content (AvgIpc) is 2.76. The molecule has 0 radical (unpaired) electrons. The smallest absolute Gasteiger partial charge is 0.322 e. The van der Waals surface area contributed by atoms with E-state index in [2.05, 4.69) is 17.2 Å². The number of hydrogen-bond acceptors (Lipinski definition) is 5. The van der Waals surface area contributed by atoms with E-state index in [0.29, 0.717) is 0 Å². The summed E-state index contributed by atoms with van der Waals surface area (Å²) in [6.45, 7) is 5.87. The Morgan fingerprint density at radius 1 is 1.50 bits per heavy atom. The molecule has 0 saturated heterocycles. The van der Waals surface area contributed by atoms with Gasteiger partial charge in [0.15, 0.2) is 0 Å².